The standard InChI is InChI=1S/C15H16O3S/c1-10-8-11(2)15(12(3)9-10)13-6-4-5-7-14(13)19(16,17)18/h4-9H,1-3H3,(H,16,17,18). The highest BCUT2D eigenvalue weighted by molar-refractivity contribution is 7.86. The largest absolute Gasteiger partial charge is 0.295 e. The van der Waals surface area contributed by atoms with Crippen molar-refractivity contribution < 1.29 is 13.0 Å². The second-order valence-electron chi connectivity index (χ2n) is 4.74. The zero-order chi connectivity index (χ0) is 14.2. The lowest BCUT2D eigenvalue weighted by molar-refractivity contribution is 0.483. The Morgan fingerprint density at radius 2 is 1.47 bits per heavy atom. The topological polar surface area (TPSA) is 54.4 Å². The minimum Gasteiger partial charge on any atom is -0.282 e. The van der Waals surface area contributed by atoms with Crippen molar-refractivity contribution in [1.82, 2.24) is 0 Å². The monoisotopic (exact) mass is 276 g/mol. The van der Waals surface area contributed by atoms with Gasteiger partial charge in [-0.15, -0.1) is 0 Å². The first-order valence-electron chi connectivity index (χ1n) is 5.95. The Hall–Kier alpha value is -1.65. The van der Waals surface area contributed by atoms with E-state index in [0.717, 1.165) is 22.3 Å². The highest BCUT2D eigenvalue weighted by Crippen LogP contribution is 2.32. The third-order valence-electron chi connectivity index (χ3n) is 3.11. The molecule has 0 aliphatic heterocycles. The third kappa shape index (κ3) is 2.69. The van der Waals surface area contributed by atoms with Crippen LogP contribution in [0, 0.1) is 20.8 Å². The summed E-state index contributed by atoms with van der Waals surface area (Å²) in [5.74, 6) is 0. The van der Waals surface area contributed by atoms with E-state index in [-0.39, 0.29) is 4.90 Å². The van der Waals surface area contributed by atoms with Crippen LogP contribution in [0.3, 0.4) is 0 Å². The Kier molecular flexibility index (Phi) is 3.47. The third-order valence-corrected chi connectivity index (χ3v) is 4.02. The quantitative estimate of drug-likeness (QED) is 0.854. The summed E-state index contributed by atoms with van der Waals surface area (Å²) in [5.41, 5.74) is 4.52. The van der Waals surface area contributed by atoms with E-state index in [1.165, 1.54) is 6.07 Å². The van der Waals surface area contributed by atoms with E-state index in [2.05, 4.69) is 0 Å². The lowest BCUT2D eigenvalue weighted by Crippen LogP contribution is -2.02. The normalized spacial score (nSPS) is 11.6. The van der Waals surface area contributed by atoms with Gasteiger partial charge in [0.05, 0.1) is 0 Å². The van der Waals surface area contributed by atoms with Crippen LogP contribution in [0.2, 0.25) is 0 Å². The van der Waals surface area contributed by atoms with E-state index in [0.29, 0.717) is 5.56 Å². The van der Waals surface area contributed by atoms with Crippen molar-refractivity contribution in [3.05, 3.63) is 53.1 Å². The lowest BCUT2D eigenvalue weighted by atomic mass is 9.94. The molecule has 4 heteroatoms. The predicted molar refractivity (Wildman–Crippen MR) is 75.9 cm³/mol. The van der Waals surface area contributed by atoms with Crippen molar-refractivity contribution in [2.24, 2.45) is 0 Å². The summed E-state index contributed by atoms with van der Waals surface area (Å²) in [6.07, 6.45) is 0. The first-order chi connectivity index (χ1) is 8.80. The van der Waals surface area contributed by atoms with Gasteiger partial charge in [-0.25, -0.2) is 0 Å². The molecule has 0 saturated heterocycles. The second kappa shape index (κ2) is 4.79. The highest BCUT2D eigenvalue weighted by atomic mass is 32.2. The van der Waals surface area contributed by atoms with Gasteiger partial charge in [-0.1, -0.05) is 35.9 Å². The Balaban J connectivity index is 2.81. The van der Waals surface area contributed by atoms with Crippen LogP contribution < -0.4 is 0 Å². The Morgan fingerprint density at radius 3 is 2.00 bits per heavy atom. The molecule has 3 nitrogen and oxygen atoms in total. The maximum absolute atomic E-state index is 11.5. The SMILES string of the molecule is Cc1cc(C)c(-c2ccccc2S(=O)(=O)O)c(C)c1. The minimum atomic E-state index is -4.23. The van der Waals surface area contributed by atoms with Crippen LogP contribution in [-0.4, -0.2) is 13.0 Å². The summed E-state index contributed by atoms with van der Waals surface area (Å²) < 4.78 is 32.3. The van der Waals surface area contributed by atoms with E-state index >= 15 is 0 Å². The highest BCUT2D eigenvalue weighted by Gasteiger charge is 2.18. The average Bonchev–Trinajstić information content (AvgIpc) is 2.26. The summed E-state index contributed by atoms with van der Waals surface area (Å²) in [7, 11) is -4.23. The zero-order valence-corrected chi connectivity index (χ0v) is 12.0. The number of rotatable bonds is 2. The van der Waals surface area contributed by atoms with Crippen LogP contribution in [-0.2, 0) is 10.1 Å². The average molecular weight is 276 g/mol. The molecule has 0 spiro atoms. The molecule has 2 rings (SSSR count). The maximum atomic E-state index is 11.5. The number of aryl methyl sites for hydroxylation is 3. The first kappa shape index (κ1) is 13.8. The van der Waals surface area contributed by atoms with E-state index in [1.807, 2.05) is 32.9 Å². The number of hydrogen-bond donors (Lipinski definition) is 1. The van der Waals surface area contributed by atoms with Crippen molar-refractivity contribution in [1.29, 1.82) is 0 Å². The molecule has 0 radical (unpaired) electrons. The molecule has 0 unspecified atom stereocenters. The van der Waals surface area contributed by atoms with Crippen molar-refractivity contribution in [2.75, 3.05) is 0 Å². The van der Waals surface area contributed by atoms with Crippen molar-refractivity contribution in [3.8, 4) is 11.1 Å². The minimum absolute atomic E-state index is 0.0509. The molecule has 0 aliphatic carbocycles. The Bertz CT molecular complexity index is 708. The molecule has 0 saturated carbocycles. The van der Waals surface area contributed by atoms with Gasteiger partial charge in [0, 0.05) is 5.56 Å². The molecule has 2 aromatic rings. The van der Waals surface area contributed by atoms with Crippen LogP contribution >= 0.6 is 0 Å². The summed E-state index contributed by atoms with van der Waals surface area (Å²) in [6, 6.07) is 10.5. The Morgan fingerprint density at radius 1 is 0.947 bits per heavy atom. The van der Waals surface area contributed by atoms with Gasteiger partial charge < -0.3 is 0 Å². The van der Waals surface area contributed by atoms with Crippen molar-refractivity contribution in [2.45, 2.75) is 25.7 Å². The fraction of sp³-hybridized carbons (Fsp3) is 0.200. The molecule has 1 N–H and O–H groups in total. The van der Waals surface area contributed by atoms with Crippen LogP contribution in [0.4, 0.5) is 0 Å². The van der Waals surface area contributed by atoms with Gasteiger partial charge in [-0.2, -0.15) is 8.42 Å². The lowest BCUT2D eigenvalue weighted by Gasteiger charge is -2.14. The van der Waals surface area contributed by atoms with E-state index in [4.69, 9.17) is 0 Å². The molecule has 0 aromatic heterocycles. The molecule has 0 atom stereocenters. The summed E-state index contributed by atoms with van der Waals surface area (Å²) in [6.45, 7) is 5.88. The van der Waals surface area contributed by atoms with Gasteiger partial charge in [0.2, 0.25) is 0 Å². The molecule has 2 aromatic carbocycles. The van der Waals surface area contributed by atoms with Crippen LogP contribution in [0.5, 0.6) is 0 Å². The van der Waals surface area contributed by atoms with E-state index < -0.39 is 10.1 Å². The second-order valence-corrected chi connectivity index (χ2v) is 6.13. The maximum Gasteiger partial charge on any atom is 0.295 e. The zero-order valence-electron chi connectivity index (χ0n) is 11.1. The van der Waals surface area contributed by atoms with Crippen molar-refractivity contribution >= 4 is 10.1 Å². The van der Waals surface area contributed by atoms with Crippen LogP contribution in [0.15, 0.2) is 41.3 Å². The molecular weight excluding hydrogens is 260 g/mol. The van der Waals surface area contributed by atoms with E-state index in [1.54, 1.807) is 18.2 Å². The van der Waals surface area contributed by atoms with Crippen LogP contribution in [0.25, 0.3) is 11.1 Å². The van der Waals surface area contributed by atoms with Gasteiger partial charge >= 0.3 is 0 Å². The molecule has 0 heterocycles. The number of hydrogen-bond acceptors (Lipinski definition) is 2. The van der Waals surface area contributed by atoms with Gasteiger partial charge in [0.15, 0.2) is 0 Å². The van der Waals surface area contributed by atoms with Gasteiger partial charge in [-0.3, -0.25) is 4.55 Å². The molecule has 0 bridgehead atoms. The van der Waals surface area contributed by atoms with Gasteiger partial charge in [0.1, 0.15) is 4.90 Å². The van der Waals surface area contributed by atoms with Crippen molar-refractivity contribution in [3.63, 3.8) is 0 Å². The Labute approximate surface area is 113 Å². The smallest absolute Gasteiger partial charge is 0.282 e. The van der Waals surface area contributed by atoms with Gasteiger partial charge in [0.25, 0.3) is 10.1 Å². The summed E-state index contributed by atoms with van der Waals surface area (Å²) in [5, 5.41) is 0. The molecule has 0 amide bonds. The number of benzene rings is 2. The first-order valence-corrected chi connectivity index (χ1v) is 7.39. The fourth-order valence-electron chi connectivity index (χ4n) is 2.50. The molecule has 100 valence electrons. The van der Waals surface area contributed by atoms with Gasteiger partial charge in [-0.05, 0) is 43.5 Å². The molecule has 19 heavy (non-hydrogen) atoms. The molecule has 0 fully saturated rings. The summed E-state index contributed by atoms with van der Waals surface area (Å²) in [4.78, 5) is -0.0509. The predicted octanol–water partition coefficient (Wildman–Crippen LogP) is 3.53. The van der Waals surface area contributed by atoms with Crippen LogP contribution in [0.1, 0.15) is 16.7 Å². The fourth-order valence-corrected chi connectivity index (χ4v) is 3.20. The summed E-state index contributed by atoms with van der Waals surface area (Å²) >= 11 is 0. The molecular formula is C15H16O3S. The van der Waals surface area contributed by atoms with E-state index in [9.17, 15) is 13.0 Å². The molecule has 0 aliphatic rings.